The first-order valence-corrected chi connectivity index (χ1v) is 11.1. The molecule has 0 spiro atoms. The van der Waals surface area contributed by atoms with Crippen molar-refractivity contribution in [1.82, 2.24) is 14.6 Å². The summed E-state index contributed by atoms with van der Waals surface area (Å²) in [6.07, 6.45) is 1.53. The third kappa shape index (κ3) is 5.44. The number of carbonyl (C=O) groups is 1. The van der Waals surface area contributed by atoms with Crippen LogP contribution in [0.1, 0.15) is 11.1 Å². The first kappa shape index (κ1) is 21.9. The Kier molecular flexibility index (Phi) is 7.20. The van der Waals surface area contributed by atoms with Crippen molar-refractivity contribution >= 4 is 22.1 Å². The maximum absolute atomic E-state index is 12.8. The fourth-order valence-electron chi connectivity index (χ4n) is 3.17. The van der Waals surface area contributed by atoms with Gasteiger partial charge >= 0.3 is 0 Å². The molecule has 160 valence electrons. The van der Waals surface area contributed by atoms with Crippen LogP contribution in [0.3, 0.4) is 0 Å². The van der Waals surface area contributed by atoms with E-state index < -0.39 is 10.0 Å². The van der Waals surface area contributed by atoms with Crippen LogP contribution in [-0.4, -0.2) is 69.6 Å². The van der Waals surface area contributed by atoms with Crippen LogP contribution in [0.25, 0.3) is 0 Å². The fourth-order valence-corrected chi connectivity index (χ4v) is 4.59. The van der Waals surface area contributed by atoms with Crippen LogP contribution < -0.4 is 10.2 Å². The molecule has 3 rings (SSSR count). The zero-order valence-corrected chi connectivity index (χ0v) is 17.9. The molecule has 9 heteroatoms. The number of para-hydroxylation sites is 1. The maximum atomic E-state index is 12.8. The highest BCUT2D eigenvalue weighted by Crippen LogP contribution is 2.18. The van der Waals surface area contributed by atoms with Crippen molar-refractivity contribution in [3.8, 4) is 5.75 Å². The van der Waals surface area contributed by atoms with Crippen LogP contribution in [0.15, 0.2) is 58.5 Å². The van der Waals surface area contributed by atoms with E-state index in [4.69, 9.17) is 4.74 Å². The Balaban J connectivity index is 1.49. The number of methoxy groups -OCH3 is 1. The van der Waals surface area contributed by atoms with Gasteiger partial charge in [0.25, 0.3) is 5.91 Å². The van der Waals surface area contributed by atoms with Crippen LogP contribution in [0.4, 0.5) is 0 Å². The second-order valence-electron chi connectivity index (χ2n) is 7.03. The molecule has 0 atom stereocenters. The molecule has 30 heavy (non-hydrogen) atoms. The van der Waals surface area contributed by atoms with E-state index in [0.29, 0.717) is 36.8 Å². The van der Waals surface area contributed by atoms with Crippen LogP contribution in [0.5, 0.6) is 5.75 Å². The van der Waals surface area contributed by atoms with Gasteiger partial charge < -0.3 is 4.74 Å². The molecule has 0 aliphatic carbocycles. The molecule has 1 saturated heterocycles. The van der Waals surface area contributed by atoms with Gasteiger partial charge in [-0.1, -0.05) is 29.8 Å². The molecule has 0 bridgehead atoms. The summed E-state index contributed by atoms with van der Waals surface area (Å²) in [7, 11) is -1.94. The monoisotopic (exact) mass is 430 g/mol. The summed E-state index contributed by atoms with van der Waals surface area (Å²) in [6, 6.07) is 14.2. The number of carbonyl (C=O) groups excluding carboxylic acids is 1. The number of piperazine rings is 1. The number of nitrogens with zero attached hydrogens (tertiary/aromatic N) is 3. The first-order valence-electron chi connectivity index (χ1n) is 9.64. The Morgan fingerprint density at radius 1 is 1.10 bits per heavy atom. The lowest BCUT2D eigenvalue weighted by Gasteiger charge is -2.33. The summed E-state index contributed by atoms with van der Waals surface area (Å²) in [5.41, 5.74) is 4.28. The highest BCUT2D eigenvalue weighted by atomic mass is 32.2. The molecule has 1 N–H and O–H groups in total. The molecule has 0 saturated carbocycles. The molecule has 8 nitrogen and oxygen atoms in total. The van der Waals surface area contributed by atoms with Gasteiger partial charge in [-0.15, -0.1) is 0 Å². The van der Waals surface area contributed by atoms with Gasteiger partial charge in [0, 0.05) is 31.7 Å². The lowest BCUT2D eigenvalue weighted by Crippen LogP contribution is -2.50. The van der Waals surface area contributed by atoms with Gasteiger partial charge in [0.1, 0.15) is 5.75 Å². The summed E-state index contributed by atoms with van der Waals surface area (Å²) in [5.74, 6) is 0.414. The average Bonchev–Trinajstić information content (AvgIpc) is 2.75. The zero-order valence-electron chi connectivity index (χ0n) is 17.1. The highest BCUT2D eigenvalue weighted by molar-refractivity contribution is 7.89. The number of nitrogens with one attached hydrogen (secondary N) is 1. The Bertz CT molecular complexity index is 998. The molecule has 2 aromatic rings. The number of rotatable bonds is 7. The Hall–Kier alpha value is -2.75. The lowest BCUT2D eigenvalue weighted by atomic mass is 10.2. The summed E-state index contributed by atoms with van der Waals surface area (Å²) < 4.78 is 32.2. The number of ether oxygens (including phenoxy) is 1. The number of amides is 1. The van der Waals surface area contributed by atoms with E-state index in [1.807, 2.05) is 36.1 Å². The van der Waals surface area contributed by atoms with Crippen LogP contribution in [0.2, 0.25) is 0 Å². The van der Waals surface area contributed by atoms with Crippen molar-refractivity contribution in [1.29, 1.82) is 0 Å². The van der Waals surface area contributed by atoms with Crippen LogP contribution in [0, 0.1) is 6.92 Å². The molecule has 1 aliphatic heterocycles. The van der Waals surface area contributed by atoms with Crippen molar-refractivity contribution in [3.05, 3.63) is 59.7 Å². The number of hydrogen-bond acceptors (Lipinski definition) is 6. The standard InChI is InChI=1S/C21H26N4O4S/c1-17-7-9-19(10-8-17)30(27,28)25-13-11-24(12-14-25)16-21(26)23-22-15-18-5-3-4-6-20(18)29-2/h3-10,15H,11-14,16H2,1-2H3,(H,23,26)/b22-15+. The van der Waals surface area contributed by atoms with Gasteiger partial charge in [-0.05, 0) is 31.2 Å². The molecule has 0 unspecified atom stereocenters. The van der Waals surface area contributed by atoms with E-state index >= 15 is 0 Å². The highest BCUT2D eigenvalue weighted by Gasteiger charge is 2.28. The number of aryl methyl sites for hydroxylation is 1. The minimum atomic E-state index is -3.51. The molecule has 2 aromatic carbocycles. The zero-order chi connectivity index (χ0) is 21.6. The van der Waals surface area contributed by atoms with Crippen LogP contribution in [-0.2, 0) is 14.8 Å². The van der Waals surface area contributed by atoms with Gasteiger partial charge in [-0.25, -0.2) is 13.8 Å². The van der Waals surface area contributed by atoms with Crippen molar-refractivity contribution in [2.45, 2.75) is 11.8 Å². The minimum absolute atomic E-state index is 0.154. The Morgan fingerprint density at radius 3 is 2.43 bits per heavy atom. The minimum Gasteiger partial charge on any atom is -0.496 e. The second kappa shape index (κ2) is 9.84. The third-order valence-electron chi connectivity index (χ3n) is 4.89. The Labute approximate surface area is 177 Å². The topological polar surface area (TPSA) is 91.3 Å². The number of sulfonamides is 1. The summed E-state index contributed by atoms with van der Waals surface area (Å²) in [5, 5.41) is 3.98. The first-order chi connectivity index (χ1) is 14.4. The molecule has 0 radical (unpaired) electrons. The SMILES string of the molecule is COc1ccccc1/C=N/NC(=O)CN1CCN(S(=O)(=O)c2ccc(C)cc2)CC1. The van der Waals surface area contributed by atoms with Gasteiger partial charge in [0.05, 0.1) is 24.8 Å². The summed E-state index contributed by atoms with van der Waals surface area (Å²) in [4.78, 5) is 14.4. The van der Waals surface area contributed by atoms with Crippen molar-refractivity contribution in [2.75, 3.05) is 39.8 Å². The molecular weight excluding hydrogens is 404 g/mol. The van der Waals surface area contributed by atoms with Gasteiger partial charge in [-0.3, -0.25) is 9.69 Å². The van der Waals surface area contributed by atoms with Gasteiger partial charge in [-0.2, -0.15) is 9.41 Å². The van der Waals surface area contributed by atoms with E-state index in [2.05, 4.69) is 10.5 Å². The maximum Gasteiger partial charge on any atom is 0.254 e. The predicted octanol–water partition coefficient (Wildman–Crippen LogP) is 1.46. The predicted molar refractivity (Wildman–Crippen MR) is 115 cm³/mol. The van der Waals surface area contributed by atoms with E-state index in [-0.39, 0.29) is 12.5 Å². The van der Waals surface area contributed by atoms with Crippen molar-refractivity contribution < 1.29 is 17.9 Å². The van der Waals surface area contributed by atoms with Gasteiger partial charge in [0.2, 0.25) is 10.0 Å². The van der Waals surface area contributed by atoms with Gasteiger partial charge in [0.15, 0.2) is 0 Å². The largest absolute Gasteiger partial charge is 0.496 e. The van der Waals surface area contributed by atoms with E-state index in [1.165, 1.54) is 10.5 Å². The quantitative estimate of drug-likeness (QED) is 0.531. The van der Waals surface area contributed by atoms with E-state index in [9.17, 15) is 13.2 Å². The second-order valence-corrected chi connectivity index (χ2v) is 8.97. The number of benzene rings is 2. The molecule has 1 amide bonds. The Morgan fingerprint density at radius 2 is 1.77 bits per heavy atom. The molecule has 1 fully saturated rings. The third-order valence-corrected chi connectivity index (χ3v) is 6.80. The van der Waals surface area contributed by atoms with E-state index in [0.717, 1.165) is 11.1 Å². The normalized spacial score (nSPS) is 15.9. The lowest BCUT2D eigenvalue weighted by molar-refractivity contribution is -0.122. The molecular formula is C21H26N4O4S. The molecule has 0 aromatic heterocycles. The number of hydrazone groups is 1. The van der Waals surface area contributed by atoms with E-state index in [1.54, 1.807) is 31.4 Å². The number of hydrogen-bond donors (Lipinski definition) is 1. The average molecular weight is 431 g/mol. The fraction of sp³-hybridized carbons (Fsp3) is 0.333. The smallest absolute Gasteiger partial charge is 0.254 e. The summed E-state index contributed by atoms with van der Waals surface area (Å²) >= 11 is 0. The van der Waals surface area contributed by atoms with Crippen molar-refractivity contribution in [3.63, 3.8) is 0 Å². The van der Waals surface area contributed by atoms with Crippen LogP contribution >= 0.6 is 0 Å². The molecule has 1 aliphatic rings. The summed E-state index contributed by atoms with van der Waals surface area (Å²) in [6.45, 7) is 3.72. The van der Waals surface area contributed by atoms with Crippen molar-refractivity contribution in [2.24, 2.45) is 5.10 Å². The molecule has 1 heterocycles.